The van der Waals surface area contributed by atoms with Gasteiger partial charge in [0.1, 0.15) is 6.10 Å². The third-order valence-electron chi connectivity index (χ3n) is 3.33. The van der Waals surface area contributed by atoms with Crippen molar-refractivity contribution >= 4 is 40.7 Å². The van der Waals surface area contributed by atoms with Crippen LogP contribution in [-0.2, 0) is 14.2 Å². The molecule has 1 aliphatic heterocycles. The minimum atomic E-state index is -2.01. The summed E-state index contributed by atoms with van der Waals surface area (Å²) in [4.78, 5) is 0. The van der Waals surface area contributed by atoms with Crippen molar-refractivity contribution in [3.8, 4) is 0 Å². The van der Waals surface area contributed by atoms with Crippen LogP contribution < -0.4 is 0 Å². The Morgan fingerprint density at radius 3 is 2.57 bits per heavy atom. The first-order valence-corrected chi connectivity index (χ1v) is 7.74. The van der Waals surface area contributed by atoms with Crippen molar-refractivity contribution in [2.24, 2.45) is 5.92 Å². The van der Waals surface area contributed by atoms with Crippen LogP contribution in [-0.4, -0.2) is 46.0 Å². The molecule has 5 nitrogen and oxygen atoms in total. The number of alkyl halides is 3. The molecule has 0 spiro atoms. The minimum Gasteiger partial charge on any atom is -0.445 e. The maximum atomic E-state index is 10.3. The van der Waals surface area contributed by atoms with Crippen LogP contribution >= 0.6 is 34.8 Å². The summed E-state index contributed by atoms with van der Waals surface area (Å²) in [5, 5.41) is 17.9. The van der Waals surface area contributed by atoms with E-state index in [1.807, 2.05) is 13.8 Å². The molecule has 1 aliphatic rings. The van der Waals surface area contributed by atoms with Crippen LogP contribution in [0.3, 0.4) is 0 Å². The van der Waals surface area contributed by atoms with Gasteiger partial charge in [0, 0.05) is 5.92 Å². The number of ether oxygens (including phenoxy) is 3. The normalized spacial score (nSPS) is 33.5. The summed E-state index contributed by atoms with van der Waals surface area (Å²) in [5.41, 5.74) is 0. The Balaban J connectivity index is 2.83. The third-order valence-corrected chi connectivity index (χ3v) is 3.84. The number of rotatable bonds is 5. The summed E-state index contributed by atoms with van der Waals surface area (Å²) in [6, 6.07) is 0. The molecule has 122 valence electrons. The first-order valence-electron chi connectivity index (χ1n) is 6.60. The predicted molar refractivity (Wildman–Crippen MR) is 83.2 cm³/mol. The maximum absolute atomic E-state index is 10.3. The van der Waals surface area contributed by atoms with Gasteiger partial charge in [-0.1, -0.05) is 54.7 Å². The lowest BCUT2D eigenvalue weighted by Gasteiger charge is -2.43. The molecule has 5 atom stereocenters. The van der Waals surface area contributed by atoms with E-state index in [1.54, 1.807) is 6.08 Å². The quantitative estimate of drug-likeness (QED) is 0.342. The summed E-state index contributed by atoms with van der Waals surface area (Å²) in [7, 11) is 0. The van der Waals surface area contributed by atoms with Crippen molar-refractivity contribution in [3.05, 3.63) is 12.7 Å². The van der Waals surface area contributed by atoms with Gasteiger partial charge >= 0.3 is 0 Å². The molecule has 0 aromatic carbocycles. The van der Waals surface area contributed by atoms with Crippen molar-refractivity contribution in [2.45, 2.75) is 48.7 Å². The van der Waals surface area contributed by atoms with E-state index < -0.39 is 28.2 Å². The number of nitrogens with one attached hydrogen (secondary N) is 1. The Bertz CT molecular complexity index is 375. The molecular weight excluding hydrogens is 341 g/mol. The van der Waals surface area contributed by atoms with E-state index in [9.17, 15) is 5.11 Å². The fraction of sp³-hybridized carbons (Fsp3) is 0.769. The Hall–Kier alpha value is -0.0400. The van der Waals surface area contributed by atoms with Crippen LogP contribution in [0.1, 0.15) is 20.3 Å². The molecule has 0 aromatic rings. The number of hydrogen-bond donors (Lipinski definition) is 2. The second-order valence-corrected chi connectivity index (χ2v) is 7.11. The van der Waals surface area contributed by atoms with Crippen LogP contribution in [0.5, 0.6) is 0 Å². The molecule has 2 N–H and O–H groups in total. The molecule has 21 heavy (non-hydrogen) atoms. The molecule has 1 saturated heterocycles. The largest absolute Gasteiger partial charge is 0.445 e. The highest BCUT2D eigenvalue weighted by Crippen LogP contribution is 2.33. The molecule has 0 radical (unpaired) electrons. The molecule has 1 heterocycles. The highest BCUT2D eigenvalue weighted by Gasteiger charge is 2.45. The van der Waals surface area contributed by atoms with Crippen LogP contribution in [0.4, 0.5) is 0 Å². The van der Waals surface area contributed by atoms with Gasteiger partial charge in [-0.2, -0.15) is 0 Å². The molecule has 0 amide bonds. The summed E-state index contributed by atoms with van der Waals surface area (Å²) < 4.78 is 14.4. The molecule has 2 unspecified atom stereocenters. The lowest BCUT2D eigenvalue weighted by molar-refractivity contribution is -0.267. The van der Waals surface area contributed by atoms with Gasteiger partial charge in [-0.25, -0.2) is 0 Å². The molecular formula is C13H20Cl3NO4. The lowest BCUT2D eigenvalue weighted by Crippen LogP contribution is -2.56. The SMILES string of the molecule is C=CCO[C@@H]1C(O)[C@@H](OC(=N)C(Cl)(Cl)Cl)OC(CC)[C@H]1C. The second-order valence-electron chi connectivity index (χ2n) is 4.83. The lowest BCUT2D eigenvalue weighted by atomic mass is 9.89. The van der Waals surface area contributed by atoms with Gasteiger partial charge in [0.25, 0.3) is 3.79 Å². The van der Waals surface area contributed by atoms with E-state index in [-0.39, 0.29) is 18.6 Å². The standard InChI is InChI=1S/C13H20Cl3NO4/c1-4-6-19-10-7(3)8(5-2)20-11(9(10)18)21-12(17)13(14,15)16/h4,7-11,17-18H,1,5-6H2,2-3H3/t7-,8?,9?,10+,11-/m1/s1. The molecule has 0 saturated carbocycles. The van der Waals surface area contributed by atoms with E-state index in [4.69, 9.17) is 54.4 Å². The highest BCUT2D eigenvalue weighted by atomic mass is 35.6. The van der Waals surface area contributed by atoms with Gasteiger partial charge < -0.3 is 19.3 Å². The Labute approximate surface area is 139 Å². The zero-order valence-corrected chi connectivity index (χ0v) is 14.2. The molecule has 1 fully saturated rings. The summed E-state index contributed by atoms with van der Waals surface area (Å²) >= 11 is 16.7. The number of aliphatic hydroxyl groups excluding tert-OH is 1. The fourth-order valence-electron chi connectivity index (χ4n) is 2.23. The van der Waals surface area contributed by atoms with E-state index in [0.29, 0.717) is 6.42 Å². The first kappa shape index (κ1) is 19.0. The van der Waals surface area contributed by atoms with Crippen molar-refractivity contribution < 1.29 is 19.3 Å². The van der Waals surface area contributed by atoms with Gasteiger partial charge in [-0.3, -0.25) is 5.41 Å². The average Bonchev–Trinajstić information content (AvgIpc) is 2.40. The molecule has 0 aromatic heterocycles. The number of aliphatic hydroxyl groups is 1. The summed E-state index contributed by atoms with van der Waals surface area (Å²) in [5.74, 6) is -0.657. The fourth-order valence-corrected chi connectivity index (χ4v) is 2.37. The van der Waals surface area contributed by atoms with Crippen molar-refractivity contribution in [1.82, 2.24) is 0 Å². The average molecular weight is 361 g/mol. The Morgan fingerprint density at radius 1 is 1.48 bits per heavy atom. The second kappa shape index (κ2) is 7.99. The molecule has 0 aliphatic carbocycles. The van der Waals surface area contributed by atoms with E-state index in [2.05, 4.69) is 6.58 Å². The van der Waals surface area contributed by atoms with Gasteiger partial charge in [0.15, 0.2) is 0 Å². The van der Waals surface area contributed by atoms with Gasteiger partial charge in [0.05, 0.1) is 18.8 Å². The van der Waals surface area contributed by atoms with Crippen LogP contribution in [0, 0.1) is 11.3 Å². The first-order chi connectivity index (χ1) is 9.72. The smallest absolute Gasteiger partial charge is 0.265 e. The number of hydrogen-bond acceptors (Lipinski definition) is 5. The zero-order valence-electron chi connectivity index (χ0n) is 11.9. The van der Waals surface area contributed by atoms with Crippen LogP contribution in [0.15, 0.2) is 12.7 Å². The zero-order chi connectivity index (χ0) is 16.2. The maximum Gasteiger partial charge on any atom is 0.265 e. The van der Waals surface area contributed by atoms with Gasteiger partial charge in [0.2, 0.25) is 12.2 Å². The van der Waals surface area contributed by atoms with E-state index >= 15 is 0 Å². The van der Waals surface area contributed by atoms with E-state index in [0.717, 1.165) is 0 Å². The van der Waals surface area contributed by atoms with Crippen molar-refractivity contribution in [2.75, 3.05) is 6.61 Å². The van der Waals surface area contributed by atoms with Crippen LogP contribution in [0.2, 0.25) is 0 Å². The molecule has 0 bridgehead atoms. The topological polar surface area (TPSA) is 71.8 Å². The monoisotopic (exact) mass is 359 g/mol. The van der Waals surface area contributed by atoms with E-state index in [1.165, 1.54) is 0 Å². The van der Waals surface area contributed by atoms with Crippen molar-refractivity contribution in [1.29, 1.82) is 5.41 Å². The van der Waals surface area contributed by atoms with Gasteiger partial charge in [-0.05, 0) is 6.42 Å². The predicted octanol–water partition coefficient (Wildman–Crippen LogP) is 3.05. The van der Waals surface area contributed by atoms with Gasteiger partial charge in [-0.15, -0.1) is 6.58 Å². The molecule has 8 heteroatoms. The Morgan fingerprint density at radius 2 is 2.10 bits per heavy atom. The van der Waals surface area contributed by atoms with Crippen molar-refractivity contribution in [3.63, 3.8) is 0 Å². The third kappa shape index (κ3) is 4.98. The number of halogens is 3. The summed E-state index contributed by atoms with van der Waals surface area (Å²) in [6.07, 6.45) is -0.650. The van der Waals surface area contributed by atoms with Crippen LogP contribution in [0.25, 0.3) is 0 Å². The minimum absolute atomic E-state index is 0.0493. The Kier molecular flexibility index (Phi) is 7.24. The molecule has 1 rings (SSSR count). The summed E-state index contributed by atoms with van der Waals surface area (Å²) in [6.45, 7) is 7.73. The highest BCUT2D eigenvalue weighted by molar-refractivity contribution is 6.76.